The predicted octanol–water partition coefficient (Wildman–Crippen LogP) is 4.57. The minimum atomic E-state index is -2.31. The fraction of sp³-hybridized carbons (Fsp3) is 0.120. The van der Waals surface area contributed by atoms with Crippen molar-refractivity contribution in [3.05, 3.63) is 116 Å². The van der Waals surface area contributed by atoms with E-state index in [2.05, 4.69) is 37.4 Å². The number of halogens is 2. The molecule has 1 atom stereocenters. The van der Waals surface area contributed by atoms with Gasteiger partial charge in [-0.15, -0.1) is 13.2 Å². The summed E-state index contributed by atoms with van der Waals surface area (Å²) in [5.74, 6) is -0.477. The van der Waals surface area contributed by atoms with Gasteiger partial charge in [0.15, 0.2) is 0 Å². The summed E-state index contributed by atoms with van der Waals surface area (Å²) in [5.41, 5.74) is 1.05. The van der Waals surface area contributed by atoms with Crippen LogP contribution in [0.2, 0.25) is 17.8 Å². The van der Waals surface area contributed by atoms with Crippen LogP contribution in [-0.4, -0.2) is 16.9 Å². The maximum atomic E-state index is 13.7. The third kappa shape index (κ3) is 4.89. The molecule has 4 heteroatoms. The van der Waals surface area contributed by atoms with Gasteiger partial charge in [-0.2, -0.15) is 0 Å². The van der Waals surface area contributed by atoms with E-state index >= 15 is 0 Å². The summed E-state index contributed by atoms with van der Waals surface area (Å²) in [6.45, 7) is 8.04. The molecule has 0 saturated carbocycles. The number of allylic oxidation sites excluding steroid dienone is 2. The molecule has 3 aromatic rings. The summed E-state index contributed by atoms with van der Waals surface area (Å²) in [5, 5.41) is 3.74. The van der Waals surface area contributed by atoms with Crippen LogP contribution in [0.15, 0.2) is 104 Å². The zero-order valence-electron chi connectivity index (χ0n) is 16.5. The minimum Gasteiger partial charge on any atom is -0.207 e. The summed E-state index contributed by atoms with van der Waals surface area (Å²) in [6.07, 6.45) is 4.00. The largest absolute Gasteiger partial charge is 0.207 e. The maximum Gasteiger partial charge on any atom is 0.123 e. The summed E-state index contributed by atoms with van der Waals surface area (Å²) >= 11 is 0. The molecule has 0 N–H and O–H groups in total. The molecule has 0 amide bonds. The Morgan fingerprint density at radius 3 is 1.69 bits per heavy atom. The quantitative estimate of drug-likeness (QED) is 0.351. The highest BCUT2D eigenvalue weighted by molar-refractivity contribution is 7.09. The molecule has 0 nitrogen and oxygen atoms in total. The van der Waals surface area contributed by atoms with Gasteiger partial charge in [0.1, 0.15) is 19.7 Å². The fourth-order valence-corrected chi connectivity index (χ4v) is 16.1. The Balaban J connectivity index is 2.16. The van der Waals surface area contributed by atoms with Crippen LogP contribution in [0.4, 0.5) is 8.78 Å². The first kappa shape index (κ1) is 21.2. The SMILES string of the molecule is C=CC[SiH](C[Si](CC=C)(c1ccc(F)cc1)c1ccc(F)cc1)c1ccccc1. The number of rotatable bonds is 9. The van der Waals surface area contributed by atoms with E-state index < -0.39 is 16.9 Å². The minimum absolute atomic E-state index is 0.239. The topological polar surface area (TPSA) is 0 Å². The Morgan fingerprint density at radius 1 is 0.724 bits per heavy atom. The van der Waals surface area contributed by atoms with E-state index in [-0.39, 0.29) is 11.6 Å². The van der Waals surface area contributed by atoms with Gasteiger partial charge >= 0.3 is 0 Å². The van der Waals surface area contributed by atoms with Crippen LogP contribution in [0.25, 0.3) is 0 Å². The van der Waals surface area contributed by atoms with E-state index in [1.807, 2.05) is 42.5 Å². The van der Waals surface area contributed by atoms with Gasteiger partial charge in [0.2, 0.25) is 0 Å². The smallest absolute Gasteiger partial charge is 0.123 e. The molecule has 0 aromatic heterocycles. The first-order chi connectivity index (χ1) is 14.1. The first-order valence-corrected chi connectivity index (χ1v) is 14.5. The molecule has 1 unspecified atom stereocenters. The van der Waals surface area contributed by atoms with Gasteiger partial charge in [0, 0.05) is 0 Å². The van der Waals surface area contributed by atoms with Crippen molar-refractivity contribution in [3.8, 4) is 0 Å². The lowest BCUT2D eigenvalue weighted by Crippen LogP contribution is -2.61. The second-order valence-electron chi connectivity index (χ2n) is 7.42. The zero-order valence-corrected chi connectivity index (χ0v) is 18.7. The highest BCUT2D eigenvalue weighted by atomic mass is 28.4. The Labute approximate surface area is 174 Å². The van der Waals surface area contributed by atoms with Gasteiger partial charge in [-0.1, -0.05) is 88.0 Å². The fourth-order valence-electron chi connectivity index (χ4n) is 4.19. The van der Waals surface area contributed by atoms with Crippen molar-refractivity contribution in [2.45, 2.75) is 17.8 Å². The third-order valence-electron chi connectivity index (χ3n) is 5.60. The highest BCUT2D eigenvalue weighted by Gasteiger charge is 2.39. The normalized spacial score (nSPS) is 12.3. The molecule has 148 valence electrons. The van der Waals surface area contributed by atoms with Crippen LogP contribution in [0, 0.1) is 11.6 Å². The second kappa shape index (κ2) is 9.76. The van der Waals surface area contributed by atoms with E-state index in [0.717, 1.165) is 17.8 Å². The standard InChI is InChI=1S/C25H26F2Si2/c1-3-18-28(23-8-6-5-7-9-23)20-29(19-4-2,24-14-10-21(26)11-15-24)25-16-12-22(27)13-17-25/h3-17,28H,1-2,18-20H2. The maximum absolute atomic E-state index is 13.7. The lowest BCUT2D eigenvalue weighted by atomic mass is 10.3. The molecule has 0 spiro atoms. The van der Waals surface area contributed by atoms with Crippen LogP contribution < -0.4 is 15.6 Å². The van der Waals surface area contributed by atoms with Crippen LogP contribution >= 0.6 is 0 Å². The second-order valence-corrected chi connectivity index (χ2v) is 15.3. The van der Waals surface area contributed by atoms with Crippen LogP contribution in [0.3, 0.4) is 0 Å². The molecular weight excluding hydrogens is 394 g/mol. The van der Waals surface area contributed by atoms with E-state index in [4.69, 9.17) is 0 Å². The molecule has 0 aliphatic carbocycles. The summed E-state index contributed by atoms with van der Waals surface area (Å²) < 4.78 is 27.4. The average molecular weight is 421 g/mol. The van der Waals surface area contributed by atoms with Crippen molar-refractivity contribution in [1.82, 2.24) is 0 Å². The molecule has 3 rings (SSSR count). The van der Waals surface area contributed by atoms with Gasteiger partial charge in [-0.25, -0.2) is 8.78 Å². The first-order valence-electron chi connectivity index (χ1n) is 9.88. The molecule has 0 aliphatic heterocycles. The molecule has 0 heterocycles. The van der Waals surface area contributed by atoms with Crippen molar-refractivity contribution < 1.29 is 8.78 Å². The van der Waals surface area contributed by atoms with E-state index in [1.165, 1.54) is 39.8 Å². The van der Waals surface area contributed by atoms with Crippen molar-refractivity contribution >= 4 is 32.4 Å². The zero-order chi connectivity index (χ0) is 20.7. The lowest BCUT2D eigenvalue weighted by Gasteiger charge is -2.35. The van der Waals surface area contributed by atoms with Crippen molar-refractivity contribution in [2.75, 3.05) is 0 Å². The van der Waals surface area contributed by atoms with Gasteiger partial charge in [0.25, 0.3) is 0 Å². The van der Waals surface area contributed by atoms with E-state index in [9.17, 15) is 8.78 Å². The van der Waals surface area contributed by atoms with Gasteiger partial charge in [0.05, 0.1) is 8.80 Å². The lowest BCUT2D eigenvalue weighted by molar-refractivity contribution is 0.628. The van der Waals surface area contributed by atoms with Crippen molar-refractivity contribution in [3.63, 3.8) is 0 Å². The Bertz CT molecular complexity index is 889. The Hall–Kier alpha value is -2.57. The molecule has 0 bridgehead atoms. The number of hydrogen-bond acceptors (Lipinski definition) is 0. The Kier molecular flexibility index (Phi) is 7.12. The monoisotopic (exact) mass is 420 g/mol. The van der Waals surface area contributed by atoms with Crippen LogP contribution in [0.5, 0.6) is 0 Å². The van der Waals surface area contributed by atoms with Gasteiger partial charge < -0.3 is 0 Å². The molecule has 0 fully saturated rings. The van der Waals surface area contributed by atoms with Crippen molar-refractivity contribution in [1.29, 1.82) is 0 Å². The van der Waals surface area contributed by atoms with E-state index in [1.54, 1.807) is 0 Å². The van der Waals surface area contributed by atoms with Crippen LogP contribution in [-0.2, 0) is 0 Å². The summed E-state index contributed by atoms with van der Waals surface area (Å²) in [6, 6.07) is 26.3. The van der Waals surface area contributed by atoms with Crippen LogP contribution in [0.1, 0.15) is 0 Å². The third-order valence-corrected chi connectivity index (χ3v) is 16.5. The van der Waals surface area contributed by atoms with E-state index in [0.29, 0.717) is 0 Å². The highest BCUT2D eigenvalue weighted by Crippen LogP contribution is 2.22. The molecular formula is C25H26F2Si2. The Morgan fingerprint density at radius 2 is 1.24 bits per heavy atom. The number of benzene rings is 3. The number of hydrogen-bond donors (Lipinski definition) is 0. The average Bonchev–Trinajstić information content (AvgIpc) is 2.74. The molecule has 0 saturated heterocycles. The molecule has 0 aliphatic rings. The van der Waals surface area contributed by atoms with Gasteiger partial charge in [-0.05, 0) is 36.4 Å². The molecule has 3 aromatic carbocycles. The predicted molar refractivity (Wildman–Crippen MR) is 126 cm³/mol. The summed E-state index contributed by atoms with van der Waals surface area (Å²) in [7, 11) is -3.72. The molecule has 0 radical (unpaired) electrons. The van der Waals surface area contributed by atoms with Crippen molar-refractivity contribution in [2.24, 2.45) is 0 Å². The van der Waals surface area contributed by atoms with Gasteiger partial charge in [-0.3, -0.25) is 0 Å². The molecule has 29 heavy (non-hydrogen) atoms. The summed E-state index contributed by atoms with van der Waals surface area (Å²) in [4.78, 5) is 0.